The highest BCUT2D eigenvalue weighted by atomic mass is 32.2. The van der Waals surface area contributed by atoms with Crippen LogP contribution in [0.15, 0.2) is 6.07 Å². The van der Waals surface area contributed by atoms with E-state index in [4.69, 9.17) is 10.7 Å². The first-order chi connectivity index (χ1) is 9.81. The molecular formula is C16H25N3S. The second-order valence-corrected chi connectivity index (χ2v) is 7.47. The van der Waals surface area contributed by atoms with Gasteiger partial charge in [-0.25, -0.2) is 9.97 Å². The van der Waals surface area contributed by atoms with Crippen molar-refractivity contribution in [3.63, 3.8) is 0 Å². The molecule has 2 saturated carbocycles. The summed E-state index contributed by atoms with van der Waals surface area (Å²) in [4.78, 5) is 9.22. The molecule has 3 nitrogen and oxygen atoms in total. The van der Waals surface area contributed by atoms with Crippen molar-refractivity contribution in [1.29, 1.82) is 0 Å². The van der Waals surface area contributed by atoms with Crippen LogP contribution in [0.25, 0.3) is 0 Å². The van der Waals surface area contributed by atoms with E-state index >= 15 is 0 Å². The van der Waals surface area contributed by atoms with Gasteiger partial charge in [0.1, 0.15) is 11.6 Å². The zero-order valence-corrected chi connectivity index (χ0v) is 13.0. The standard InChI is InChI=1S/C16H25N3S/c17-15-10-14(12-6-4-5-7-12)18-16(19-15)11-20-13-8-2-1-3-9-13/h10,12-13H,1-9,11H2,(H2,17,18,19). The summed E-state index contributed by atoms with van der Waals surface area (Å²) in [7, 11) is 0. The van der Waals surface area contributed by atoms with E-state index in [2.05, 4.69) is 4.98 Å². The van der Waals surface area contributed by atoms with E-state index in [1.165, 1.54) is 63.5 Å². The highest BCUT2D eigenvalue weighted by Gasteiger charge is 2.20. The fourth-order valence-corrected chi connectivity index (χ4v) is 4.64. The summed E-state index contributed by atoms with van der Waals surface area (Å²) < 4.78 is 0. The number of nitrogen functional groups attached to an aromatic ring is 1. The molecule has 0 atom stereocenters. The maximum absolute atomic E-state index is 5.98. The Labute approximate surface area is 126 Å². The maximum Gasteiger partial charge on any atom is 0.140 e. The first-order valence-electron chi connectivity index (χ1n) is 8.06. The van der Waals surface area contributed by atoms with Crippen LogP contribution in [0.3, 0.4) is 0 Å². The Morgan fingerprint density at radius 1 is 1.00 bits per heavy atom. The number of nitrogens with zero attached hydrogens (tertiary/aromatic N) is 2. The third-order valence-electron chi connectivity index (χ3n) is 4.59. The van der Waals surface area contributed by atoms with Crippen LogP contribution in [-0.4, -0.2) is 15.2 Å². The van der Waals surface area contributed by atoms with Gasteiger partial charge in [0.15, 0.2) is 0 Å². The molecule has 0 radical (unpaired) electrons. The van der Waals surface area contributed by atoms with E-state index in [9.17, 15) is 0 Å². The molecule has 2 fully saturated rings. The molecule has 0 bridgehead atoms. The number of anilines is 1. The molecule has 0 aliphatic heterocycles. The fourth-order valence-electron chi connectivity index (χ4n) is 3.46. The smallest absolute Gasteiger partial charge is 0.140 e. The van der Waals surface area contributed by atoms with Gasteiger partial charge < -0.3 is 5.73 Å². The molecule has 1 aromatic rings. The van der Waals surface area contributed by atoms with Crippen molar-refractivity contribution in [2.45, 2.75) is 74.7 Å². The third kappa shape index (κ3) is 3.66. The minimum Gasteiger partial charge on any atom is -0.384 e. The summed E-state index contributed by atoms with van der Waals surface area (Å²) in [5.41, 5.74) is 7.16. The second-order valence-electron chi connectivity index (χ2n) is 6.19. The first kappa shape index (κ1) is 14.2. The van der Waals surface area contributed by atoms with E-state index in [1.807, 2.05) is 17.8 Å². The van der Waals surface area contributed by atoms with Gasteiger partial charge in [-0.15, -0.1) is 0 Å². The summed E-state index contributed by atoms with van der Waals surface area (Å²) in [5, 5.41) is 0.809. The van der Waals surface area contributed by atoms with Gasteiger partial charge in [0, 0.05) is 22.9 Å². The predicted octanol–water partition coefficient (Wildman–Crippen LogP) is 4.28. The lowest BCUT2D eigenvalue weighted by Gasteiger charge is -2.20. The molecule has 0 aromatic carbocycles. The molecule has 2 aliphatic rings. The molecule has 4 heteroatoms. The van der Waals surface area contributed by atoms with Gasteiger partial charge in [-0.1, -0.05) is 32.1 Å². The quantitative estimate of drug-likeness (QED) is 0.899. The van der Waals surface area contributed by atoms with Gasteiger partial charge in [0.05, 0.1) is 5.75 Å². The average Bonchev–Trinajstić information content (AvgIpc) is 3.00. The summed E-state index contributed by atoms with van der Waals surface area (Å²) in [6.07, 6.45) is 12.1. The molecule has 0 amide bonds. The Hall–Kier alpha value is -0.770. The van der Waals surface area contributed by atoms with Crippen molar-refractivity contribution in [3.05, 3.63) is 17.6 Å². The lowest BCUT2D eigenvalue weighted by molar-refractivity contribution is 0.516. The molecule has 1 aromatic heterocycles. The molecule has 3 rings (SSSR count). The normalized spacial score (nSPS) is 21.4. The van der Waals surface area contributed by atoms with Crippen LogP contribution in [0.4, 0.5) is 5.82 Å². The van der Waals surface area contributed by atoms with E-state index in [1.54, 1.807) is 0 Å². The van der Waals surface area contributed by atoms with Crippen LogP contribution in [-0.2, 0) is 5.75 Å². The molecule has 0 unspecified atom stereocenters. The van der Waals surface area contributed by atoms with Crippen molar-refractivity contribution in [1.82, 2.24) is 9.97 Å². The molecule has 2 N–H and O–H groups in total. The Kier molecular flexibility index (Phi) is 4.81. The largest absolute Gasteiger partial charge is 0.384 e. The number of hydrogen-bond donors (Lipinski definition) is 1. The zero-order chi connectivity index (χ0) is 13.8. The topological polar surface area (TPSA) is 51.8 Å². The van der Waals surface area contributed by atoms with E-state index in [0.717, 1.165) is 16.8 Å². The minimum atomic E-state index is 0.624. The Morgan fingerprint density at radius 3 is 2.45 bits per heavy atom. The van der Waals surface area contributed by atoms with Crippen molar-refractivity contribution >= 4 is 17.6 Å². The molecule has 2 aliphatic carbocycles. The maximum atomic E-state index is 5.98. The SMILES string of the molecule is Nc1cc(C2CCCC2)nc(CSC2CCCCC2)n1. The van der Waals surface area contributed by atoms with Crippen molar-refractivity contribution in [3.8, 4) is 0 Å². The van der Waals surface area contributed by atoms with Gasteiger partial charge >= 0.3 is 0 Å². The van der Waals surface area contributed by atoms with Crippen LogP contribution in [0.1, 0.15) is 75.2 Å². The monoisotopic (exact) mass is 291 g/mol. The predicted molar refractivity (Wildman–Crippen MR) is 85.8 cm³/mol. The number of thioether (sulfide) groups is 1. The summed E-state index contributed by atoms with van der Waals surface area (Å²) in [5.74, 6) is 3.15. The van der Waals surface area contributed by atoms with E-state index < -0.39 is 0 Å². The van der Waals surface area contributed by atoms with Crippen molar-refractivity contribution in [2.24, 2.45) is 0 Å². The molecule has 0 saturated heterocycles. The van der Waals surface area contributed by atoms with Crippen LogP contribution < -0.4 is 5.73 Å². The van der Waals surface area contributed by atoms with E-state index in [-0.39, 0.29) is 0 Å². The first-order valence-corrected chi connectivity index (χ1v) is 9.11. The number of nitrogens with two attached hydrogens (primary N) is 1. The minimum absolute atomic E-state index is 0.624. The Balaban J connectivity index is 1.63. The molecule has 110 valence electrons. The van der Waals surface area contributed by atoms with Crippen LogP contribution in [0.2, 0.25) is 0 Å². The van der Waals surface area contributed by atoms with Gasteiger partial charge in [0.2, 0.25) is 0 Å². The molecule has 0 spiro atoms. The van der Waals surface area contributed by atoms with Crippen molar-refractivity contribution in [2.75, 3.05) is 5.73 Å². The number of hydrogen-bond acceptors (Lipinski definition) is 4. The van der Waals surface area contributed by atoms with E-state index in [0.29, 0.717) is 11.7 Å². The van der Waals surface area contributed by atoms with Gasteiger partial charge in [-0.05, 0) is 25.7 Å². The molecule has 1 heterocycles. The third-order valence-corrected chi connectivity index (χ3v) is 5.95. The summed E-state index contributed by atoms with van der Waals surface area (Å²) >= 11 is 2.03. The average molecular weight is 291 g/mol. The second kappa shape index (κ2) is 6.79. The highest BCUT2D eigenvalue weighted by Crippen LogP contribution is 2.34. The van der Waals surface area contributed by atoms with Gasteiger partial charge in [-0.3, -0.25) is 0 Å². The lowest BCUT2D eigenvalue weighted by atomic mass is 10.0. The van der Waals surface area contributed by atoms with Gasteiger partial charge in [-0.2, -0.15) is 11.8 Å². The number of aromatic nitrogens is 2. The van der Waals surface area contributed by atoms with Crippen LogP contribution in [0, 0.1) is 0 Å². The summed E-state index contributed by atoms with van der Waals surface area (Å²) in [6.45, 7) is 0. The Bertz CT molecular complexity index is 437. The molecular weight excluding hydrogens is 266 g/mol. The molecule has 20 heavy (non-hydrogen) atoms. The summed E-state index contributed by atoms with van der Waals surface area (Å²) in [6, 6.07) is 1.99. The van der Waals surface area contributed by atoms with Crippen LogP contribution in [0.5, 0.6) is 0 Å². The van der Waals surface area contributed by atoms with Crippen molar-refractivity contribution < 1.29 is 0 Å². The number of rotatable bonds is 4. The van der Waals surface area contributed by atoms with Crippen LogP contribution >= 0.6 is 11.8 Å². The highest BCUT2D eigenvalue weighted by molar-refractivity contribution is 7.99. The van der Waals surface area contributed by atoms with Gasteiger partial charge in [0.25, 0.3) is 0 Å². The lowest BCUT2D eigenvalue weighted by Crippen LogP contribution is -2.10. The fraction of sp³-hybridized carbons (Fsp3) is 0.750. The zero-order valence-electron chi connectivity index (χ0n) is 12.2. The Morgan fingerprint density at radius 2 is 1.70 bits per heavy atom.